The minimum atomic E-state index is -1.28. The van der Waals surface area contributed by atoms with Crippen molar-refractivity contribution in [3.05, 3.63) is 131 Å². The molecule has 4 aromatic rings. The van der Waals surface area contributed by atoms with Crippen molar-refractivity contribution in [2.24, 2.45) is 23.3 Å². The Bertz CT molecular complexity index is 2250. The van der Waals surface area contributed by atoms with E-state index in [1.54, 1.807) is 84.9 Å². The van der Waals surface area contributed by atoms with Gasteiger partial charge >= 0.3 is 0 Å². The van der Waals surface area contributed by atoms with Crippen LogP contribution in [0.1, 0.15) is 62.8 Å². The van der Waals surface area contributed by atoms with Gasteiger partial charge in [-0.3, -0.25) is 49.2 Å². The van der Waals surface area contributed by atoms with Crippen LogP contribution < -0.4 is 54.2 Å². The van der Waals surface area contributed by atoms with E-state index in [1.165, 1.54) is 24.3 Å². The van der Waals surface area contributed by atoms with Gasteiger partial charge in [0.1, 0.15) is 35.7 Å². The highest BCUT2D eigenvalue weighted by Gasteiger charge is 2.29. The van der Waals surface area contributed by atoms with Crippen molar-refractivity contribution >= 4 is 47.3 Å². The zero-order valence-corrected chi connectivity index (χ0v) is 41.0. The van der Waals surface area contributed by atoms with Crippen LogP contribution in [0.15, 0.2) is 109 Å². The van der Waals surface area contributed by atoms with Crippen LogP contribution in [0.4, 0.5) is 0 Å². The van der Waals surface area contributed by atoms with Crippen molar-refractivity contribution in [3.63, 3.8) is 0 Å². The van der Waals surface area contributed by atoms with Crippen molar-refractivity contribution in [3.8, 4) is 11.5 Å². The third kappa shape index (κ3) is 20.2. The van der Waals surface area contributed by atoms with E-state index in [1.807, 2.05) is 27.7 Å². The van der Waals surface area contributed by atoms with Crippen molar-refractivity contribution < 1.29 is 48.6 Å². The maximum atomic E-state index is 13.7. The number of hydrogen-bond acceptors (Lipinski definition) is 12. The highest BCUT2D eigenvalue weighted by atomic mass is 16.3. The second kappa shape index (κ2) is 28.7. The number of benzene rings is 4. The van der Waals surface area contributed by atoms with E-state index in [0.717, 1.165) is 0 Å². The molecule has 386 valence electrons. The molecule has 0 aromatic heterocycles. The van der Waals surface area contributed by atoms with E-state index >= 15 is 0 Å². The molecule has 14 N–H and O–H groups in total. The molecule has 0 aliphatic rings. The maximum absolute atomic E-state index is 13.7. The summed E-state index contributed by atoms with van der Waals surface area (Å²) in [5, 5.41) is 34.7. The van der Waals surface area contributed by atoms with Gasteiger partial charge in [0.05, 0.1) is 25.2 Å². The third-order valence-corrected chi connectivity index (χ3v) is 11.2. The molecule has 72 heavy (non-hydrogen) atoms. The molecule has 0 heterocycles. The fourth-order valence-electron chi connectivity index (χ4n) is 7.41. The van der Waals surface area contributed by atoms with Gasteiger partial charge in [0.25, 0.3) is 11.8 Å². The highest BCUT2D eigenvalue weighted by molar-refractivity contribution is 5.96. The number of hydrazine groups is 1. The summed E-state index contributed by atoms with van der Waals surface area (Å²) in [4.78, 5) is 107. The first-order valence-corrected chi connectivity index (χ1v) is 23.8. The quantitative estimate of drug-likeness (QED) is 0.0382. The Hall–Kier alpha value is -7.84. The average Bonchev–Trinajstić information content (AvgIpc) is 3.34. The molecule has 0 saturated heterocycles. The number of amides is 8. The lowest BCUT2D eigenvalue weighted by Crippen LogP contribution is -2.59. The Kier molecular flexibility index (Phi) is 22.6. The number of phenolic OH excluding ortho intramolecular Hbond substituents is 2. The largest absolute Gasteiger partial charge is 0.508 e. The van der Waals surface area contributed by atoms with Crippen LogP contribution in [0.3, 0.4) is 0 Å². The van der Waals surface area contributed by atoms with Gasteiger partial charge in [0, 0.05) is 12.8 Å². The molecule has 6 atom stereocenters. The smallest absolute Gasteiger partial charge is 0.261 e. The number of nitrogens with one attached hydrogen (secondary N) is 8. The lowest BCUT2D eigenvalue weighted by atomic mass is 10.0. The summed E-state index contributed by atoms with van der Waals surface area (Å²) < 4.78 is 0. The number of aromatic hydroxyl groups is 2. The number of phenols is 2. The van der Waals surface area contributed by atoms with Crippen LogP contribution >= 0.6 is 0 Å². The second-order valence-electron chi connectivity index (χ2n) is 18.4. The SMILES string of the molecule is CC(C)C[C@@H](NC(=O)[C@@H](N)Cc1ccc(O)cc1)C(=O)NCC(=O)N[C@@H](Cc1ccccc1)C(=O)NNC(=O)[C@H](Cc1ccccc1)NC(=O)CNC(=O)[C@@H](CC(C)C)NC(=O)[C@@H](N)Cc1ccc(O)cc1. The number of hydrogen-bond donors (Lipinski definition) is 12. The molecule has 4 aromatic carbocycles. The topological polar surface area (TPSA) is 325 Å². The summed E-state index contributed by atoms with van der Waals surface area (Å²) in [5.41, 5.74) is 19.7. The van der Waals surface area contributed by atoms with E-state index in [9.17, 15) is 48.6 Å². The predicted octanol–water partition coefficient (Wildman–Crippen LogP) is 0.434. The minimum absolute atomic E-state index is 0.0281. The molecule has 8 amide bonds. The van der Waals surface area contributed by atoms with Crippen LogP contribution in [-0.2, 0) is 64.0 Å². The standard InChI is InChI=1S/C52H68N10O10/c1-31(2)23-41(59-47(67)39(53)25-35-15-19-37(63)20-16-35)49(69)55-29-45(65)57-43(27-33-11-7-5-8-12-33)51(71)61-62-52(72)44(28-34-13-9-6-10-14-34)58-46(66)30-56-50(70)42(24-32(3)4)60-48(68)40(54)26-36-17-21-38(64)22-18-36/h5-22,31-32,39-44,63-64H,23-30,53-54H2,1-4H3,(H,55,69)(H,56,70)(H,57,65)(H,58,66)(H,59,67)(H,60,68)(H,61,71)(H,62,72)/t39-,40-,41+,42+,43-,44-/m0/s1. The van der Waals surface area contributed by atoms with E-state index in [2.05, 4.69) is 42.8 Å². The van der Waals surface area contributed by atoms with Crippen LogP contribution in [0, 0.1) is 11.8 Å². The number of carbonyl (C=O) groups is 8. The second-order valence-corrected chi connectivity index (χ2v) is 18.4. The van der Waals surface area contributed by atoms with E-state index in [4.69, 9.17) is 11.5 Å². The van der Waals surface area contributed by atoms with Gasteiger partial charge in [-0.2, -0.15) is 0 Å². The van der Waals surface area contributed by atoms with Crippen LogP contribution in [0.25, 0.3) is 0 Å². The Balaban J connectivity index is 1.37. The van der Waals surface area contributed by atoms with Crippen molar-refractivity contribution in [2.75, 3.05) is 13.1 Å². The van der Waals surface area contributed by atoms with Crippen molar-refractivity contribution in [1.29, 1.82) is 0 Å². The molecular weight excluding hydrogens is 925 g/mol. The molecule has 20 heteroatoms. The molecule has 0 aliphatic carbocycles. The summed E-state index contributed by atoms with van der Waals surface area (Å²) >= 11 is 0. The lowest BCUT2D eigenvalue weighted by Gasteiger charge is -2.24. The van der Waals surface area contributed by atoms with Crippen LogP contribution in [0.5, 0.6) is 11.5 Å². The van der Waals surface area contributed by atoms with Crippen LogP contribution in [-0.4, -0.2) is 107 Å². The summed E-state index contributed by atoms with van der Waals surface area (Å²) in [6.45, 7) is 6.27. The van der Waals surface area contributed by atoms with Crippen LogP contribution in [0.2, 0.25) is 0 Å². The van der Waals surface area contributed by atoms with Crippen molar-refractivity contribution in [1.82, 2.24) is 42.8 Å². The zero-order chi connectivity index (χ0) is 52.7. The van der Waals surface area contributed by atoms with Gasteiger partial charge in [-0.05, 0) is 84.0 Å². The van der Waals surface area contributed by atoms with E-state index in [0.29, 0.717) is 22.3 Å². The van der Waals surface area contributed by atoms with Gasteiger partial charge < -0.3 is 53.6 Å². The highest BCUT2D eigenvalue weighted by Crippen LogP contribution is 2.14. The van der Waals surface area contributed by atoms with Gasteiger partial charge in [-0.15, -0.1) is 0 Å². The monoisotopic (exact) mass is 993 g/mol. The fourth-order valence-corrected chi connectivity index (χ4v) is 7.41. The molecule has 20 nitrogen and oxygen atoms in total. The first-order chi connectivity index (χ1) is 34.3. The molecule has 0 bridgehead atoms. The number of nitrogens with two attached hydrogens (primary N) is 2. The molecule has 0 radical (unpaired) electrons. The van der Waals surface area contributed by atoms with E-state index in [-0.39, 0.29) is 61.9 Å². The fraction of sp³-hybridized carbons (Fsp3) is 0.385. The van der Waals surface area contributed by atoms with Gasteiger partial charge in [-0.1, -0.05) is 113 Å². The average molecular weight is 993 g/mol. The minimum Gasteiger partial charge on any atom is -0.508 e. The summed E-state index contributed by atoms with van der Waals surface area (Å²) in [6.07, 6.45) is 0.677. The molecule has 0 unspecified atom stereocenters. The first-order valence-electron chi connectivity index (χ1n) is 23.8. The van der Waals surface area contributed by atoms with Gasteiger partial charge in [-0.25, -0.2) is 0 Å². The van der Waals surface area contributed by atoms with E-state index < -0.39 is 96.6 Å². The Labute approximate surface area is 419 Å². The molecular formula is C52H68N10O10. The molecule has 0 fully saturated rings. The lowest BCUT2D eigenvalue weighted by molar-refractivity contribution is -0.134. The Morgan fingerprint density at radius 2 is 0.722 bits per heavy atom. The molecule has 0 saturated carbocycles. The third-order valence-electron chi connectivity index (χ3n) is 11.2. The first kappa shape index (κ1) is 56.7. The summed E-state index contributed by atoms with van der Waals surface area (Å²) in [6, 6.07) is 23.2. The molecule has 0 spiro atoms. The number of carbonyl (C=O) groups excluding carboxylic acids is 8. The van der Waals surface area contributed by atoms with Crippen molar-refractivity contribution in [2.45, 2.75) is 102 Å². The predicted molar refractivity (Wildman–Crippen MR) is 269 cm³/mol. The molecule has 0 aliphatic heterocycles. The maximum Gasteiger partial charge on any atom is 0.261 e. The summed E-state index contributed by atoms with van der Waals surface area (Å²) in [7, 11) is 0. The normalized spacial score (nSPS) is 13.5. The zero-order valence-electron chi connectivity index (χ0n) is 41.0. The Morgan fingerprint density at radius 1 is 0.403 bits per heavy atom. The molecule has 4 rings (SSSR count). The van der Waals surface area contributed by atoms with Gasteiger partial charge in [0.2, 0.25) is 35.4 Å². The number of rotatable bonds is 26. The summed E-state index contributed by atoms with van der Waals surface area (Å²) in [5.74, 6) is -5.64. The Morgan fingerprint density at radius 3 is 1.04 bits per heavy atom. The van der Waals surface area contributed by atoms with Gasteiger partial charge in [0.15, 0.2) is 0 Å².